The van der Waals surface area contributed by atoms with Crippen LogP contribution in [0.5, 0.6) is 0 Å². The second-order valence-corrected chi connectivity index (χ2v) is 8.50. The monoisotopic (exact) mass is 353 g/mol. The first-order valence-corrected chi connectivity index (χ1v) is 9.99. The van der Waals surface area contributed by atoms with Gasteiger partial charge in [-0.2, -0.15) is 0 Å². The standard InChI is InChI=1S/C16H23N3O4S/c1-18-14-5-3-2-4-12(14)8-13(15(18)20)16(21)19-7-6-11(9-19)10-24(17,22)23/h8,11H,2-7,9-10H2,1H3,(H2,17,22,23). The van der Waals surface area contributed by atoms with Crippen LogP contribution in [-0.4, -0.2) is 42.6 Å². The lowest BCUT2D eigenvalue weighted by atomic mass is 9.94. The third-order valence-corrected chi connectivity index (χ3v) is 5.95. The van der Waals surface area contributed by atoms with E-state index in [-0.39, 0.29) is 28.7 Å². The van der Waals surface area contributed by atoms with Gasteiger partial charge >= 0.3 is 0 Å². The van der Waals surface area contributed by atoms with Crippen LogP contribution in [-0.2, 0) is 29.9 Å². The highest BCUT2D eigenvalue weighted by molar-refractivity contribution is 7.89. The van der Waals surface area contributed by atoms with Gasteiger partial charge in [0, 0.05) is 25.8 Å². The Morgan fingerprint density at radius 3 is 2.75 bits per heavy atom. The number of aryl methyl sites for hydroxylation is 1. The molecule has 7 nitrogen and oxygen atoms in total. The van der Waals surface area contributed by atoms with Crippen LogP contribution >= 0.6 is 0 Å². The lowest BCUT2D eigenvalue weighted by Crippen LogP contribution is -2.37. The largest absolute Gasteiger partial charge is 0.338 e. The quantitative estimate of drug-likeness (QED) is 0.827. The van der Waals surface area contributed by atoms with Crippen LogP contribution in [0.2, 0.25) is 0 Å². The minimum absolute atomic E-state index is 0.126. The molecule has 3 rings (SSSR count). The van der Waals surface area contributed by atoms with E-state index in [1.54, 1.807) is 22.6 Å². The number of carbonyl (C=O) groups is 1. The first kappa shape index (κ1) is 17.2. The van der Waals surface area contributed by atoms with Crippen molar-refractivity contribution in [1.29, 1.82) is 0 Å². The number of primary sulfonamides is 1. The Morgan fingerprint density at radius 2 is 2.04 bits per heavy atom. The van der Waals surface area contributed by atoms with E-state index in [2.05, 4.69) is 0 Å². The van der Waals surface area contributed by atoms with Crippen molar-refractivity contribution in [3.8, 4) is 0 Å². The van der Waals surface area contributed by atoms with Crippen LogP contribution in [0.3, 0.4) is 0 Å². The molecule has 1 aliphatic heterocycles. The summed E-state index contributed by atoms with van der Waals surface area (Å²) in [5.74, 6) is -0.592. The van der Waals surface area contributed by atoms with Crippen LogP contribution in [0, 0.1) is 5.92 Å². The van der Waals surface area contributed by atoms with E-state index >= 15 is 0 Å². The van der Waals surface area contributed by atoms with Gasteiger partial charge in [0.1, 0.15) is 5.56 Å². The number of aromatic nitrogens is 1. The normalized spacial score (nSPS) is 20.9. The molecule has 1 aromatic rings. The van der Waals surface area contributed by atoms with Crippen molar-refractivity contribution in [3.05, 3.63) is 33.2 Å². The van der Waals surface area contributed by atoms with Crippen molar-refractivity contribution in [3.63, 3.8) is 0 Å². The minimum Gasteiger partial charge on any atom is -0.338 e. The summed E-state index contributed by atoms with van der Waals surface area (Å²) in [6, 6.07) is 1.74. The molecule has 24 heavy (non-hydrogen) atoms. The van der Waals surface area contributed by atoms with Crippen molar-refractivity contribution in [2.75, 3.05) is 18.8 Å². The zero-order valence-electron chi connectivity index (χ0n) is 13.8. The first-order valence-electron chi connectivity index (χ1n) is 8.28. The molecule has 1 aliphatic carbocycles. The number of sulfonamides is 1. The Morgan fingerprint density at radius 1 is 1.33 bits per heavy atom. The van der Waals surface area contributed by atoms with Crippen LogP contribution in [0.15, 0.2) is 10.9 Å². The van der Waals surface area contributed by atoms with Gasteiger partial charge in [-0.25, -0.2) is 13.6 Å². The molecule has 1 atom stereocenters. The SMILES string of the molecule is Cn1c2c(cc(C(=O)N3CCC(CS(N)(=O)=O)C3)c1=O)CCCC2. The lowest BCUT2D eigenvalue weighted by Gasteiger charge is -2.22. The number of nitrogens with two attached hydrogens (primary N) is 1. The second-order valence-electron chi connectivity index (χ2n) is 6.84. The summed E-state index contributed by atoms with van der Waals surface area (Å²) in [5, 5.41) is 5.08. The summed E-state index contributed by atoms with van der Waals surface area (Å²) in [6.45, 7) is 0.786. The van der Waals surface area contributed by atoms with E-state index in [0.717, 1.165) is 36.9 Å². The van der Waals surface area contributed by atoms with Gasteiger partial charge in [0.25, 0.3) is 11.5 Å². The number of likely N-dealkylation sites (tertiary alicyclic amines) is 1. The summed E-state index contributed by atoms with van der Waals surface area (Å²) in [5.41, 5.74) is 2.02. The maximum absolute atomic E-state index is 12.7. The highest BCUT2D eigenvalue weighted by Gasteiger charge is 2.31. The summed E-state index contributed by atoms with van der Waals surface area (Å²) in [6.07, 6.45) is 4.48. The lowest BCUT2D eigenvalue weighted by molar-refractivity contribution is 0.0785. The Kier molecular flexibility index (Phi) is 4.52. The highest BCUT2D eigenvalue weighted by Crippen LogP contribution is 2.23. The zero-order valence-corrected chi connectivity index (χ0v) is 14.6. The molecule has 8 heteroatoms. The second kappa shape index (κ2) is 6.33. The van der Waals surface area contributed by atoms with E-state index in [1.807, 2.05) is 0 Å². The van der Waals surface area contributed by atoms with Crippen molar-refractivity contribution in [2.24, 2.45) is 18.1 Å². The maximum atomic E-state index is 12.7. The van der Waals surface area contributed by atoms with Crippen LogP contribution in [0.4, 0.5) is 0 Å². The molecule has 0 bridgehead atoms. The summed E-state index contributed by atoms with van der Waals surface area (Å²) in [7, 11) is -1.83. The van der Waals surface area contributed by atoms with Gasteiger partial charge in [0.2, 0.25) is 10.0 Å². The van der Waals surface area contributed by atoms with Crippen LogP contribution in [0.25, 0.3) is 0 Å². The molecule has 0 aromatic carbocycles. The van der Waals surface area contributed by atoms with Gasteiger partial charge in [0.15, 0.2) is 0 Å². The fourth-order valence-corrected chi connectivity index (χ4v) is 4.72. The molecule has 2 heterocycles. The minimum atomic E-state index is -3.55. The molecular weight excluding hydrogens is 330 g/mol. The number of hydrogen-bond donors (Lipinski definition) is 1. The van der Waals surface area contributed by atoms with Gasteiger partial charge in [-0.15, -0.1) is 0 Å². The number of pyridine rings is 1. The zero-order chi connectivity index (χ0) is 17.5. The fraction of sp³-hybridized carbons (Fsp3) is 0.625. The number of nitrogens with zero attached hydrogens (tertiary/aromatic N) is 2. The average Bonchev–Trinajstić information content (AvgIpc) is 2.96. The van der Waals surface area contributed by atoms with E-state index in [0.29, 0.717) is 19.5 Å². The van der Waals surface area contributed by atoms with Crippen molar-refractivity contribution >= 4 is 15.9 Å². The van der Waals surface area contributed by atoms with Gasteiger partial charge in [0.05, 0.1) is 5.75 Å². The number of carbonyl (C=O) groups excluding carboxylic acids is 1. The Labute approximate surface area is 141 Å². The third-order valence-electron chi connectivity index (χ3n) is 5.01. The highest BCUT2D eigenvalue weighted by atomic mass is 32.2. The van der Waals surface area contributed by atoms with Gasteiger partial charge in [-0.3, -0.25) is 9.59 Å². The van der Waals surface area contributed by atoms with Crippen LogP contribution < -0.4 is 10.7 Å². The fourth-order valence-electron chi connectivity index (χ4n) is 3.80. The molecular formula is C16H23N3O4S. The third kappa shape index (κ3) is 3.39. The number of amides is 1. The number of rotatable bonds is 3. The molecule has 1 fully saturated rings. The van der Waals surface area contributed by atoms with Crippen molar-refractivity contribution in [2.45, 2.75) is 32.1 Å². The smallest absolute Gasteiger partial charge is 0.263 e. The van der Waals surface area contributed by atoms with E-state index in [1.165, 1.54) is 0 Å². The summed E-state index contributed by atoms with van der Waals surface area (Å²) in [4.78, 5) is 26.9. The summed E-state index contributed by atoms with van der Waals surface area (Å²) >= 11 is 0. The first-order chi connectivity index (χ1) is 11.3. The molecule has 132 valence electrons. The Balaban J connectivity index is 1.84. The number of hydrogen-bond acceptors (Lipinski definition) is 4. The van der Waals surface area contributed by atoms with Crippen molar-refractivity contribution in [1.82, 2.24) is 9.47 Å². The molecule has 2 N–H and O–H groups in total. The maximum Gasteiger partial charge on any atom is 0.263 e. The molecule has 0 radical (unpaired) electrons. The topological polar surface area (TPSA) is 102 Å². The van der Waals surface area contributed by atoms with Gasteiger partial charge in [-0.1, -0.05) is 0 Å². The molecule has 0 saturated carbocycles. The van der Waals surface area contributed by atoms with Gasteiger partial charge < -0.3 is 9.47 Å². The number of fused-ring (bicyclic) bond motifs is 1. The summed E-state index contributed by atoms with van der Waals surface area (Å²) < 4.78 is 24.0. The molecule has 1 aromatic heterocycles. The predicted molar refractivity (Wildman–Crippen MR) is 90.3 cm³/mol. The molecule has 2 aliphatic rings. The van der Waals surface area contributed by atoms with E-state index in [4.69, 9.17) is 5.14 Å². The molecule has 1 unspecified atom stereocenters. The Hall–Kier alpha value is -1.67. The average molecular weight is 353 g/mol. The Bertz CT molecular complexity index is 828. The van der Waals surface area contributed by atoms with Gasteiger partial charge in [-0.05, 0) is 49.7 Å². The molecule has 1 amide bonds. The predicted octanol–water partition coefficient (Wildman–Crippen LogP) is 0.0147. The van der Waals surface area contributed by atoms with Crippen molar-refractivity contribution < 1.29 is 13.2 Å². The molecule has 0 spiro atoms. The molecule has 1 saturated heterocycles. The van der Waals surface area contributed by atoms with E-state index in [9.17, 15) is 18.0 Å². The van der Waals surface area contributed by atoms with Crippen LogP contribution in [0.1, 0.15) is 40.9 Å². The van der Waals surface area contributed by atoms with E-state index < -0.39 is 10.0 Å².